The molecule has 0 spiro atoms. The summed E-state index contributed by atoms with van der Waals surface area (Å²) in [5.74, 6) is 7.35. The van der Waals surface area contributed by atoms with E-state index in [4.69, 9.17) is 0 Å². The normalized spacial score (nSPS) is 56.3. The molecule has 5 aliphatic rings. The number of unbranched alkanes of at least 4 members (excludes halogenated alkanes) is 1. The van der Waals surface area contributed by atoms with Gasteiger partial charge in [-0.2, -0.15) is 0 Å². The molecule has 0 aromatic heterocycles. The first-order chi connectivity index (χ1) is 12.1. The standard InChI is InChI=1S/C24H38O/c1-23-13-11-21-22(20(23)10-9-16(23)7-4-6-14-25)18-15-17(18)19-8-3-5-12-24(19,21)2/h14,16-22H,3-13,15H2,1-2H3/t16?,17-,18?,19?,20-,21-,22?,23?,24?/m0/s1. The van der Waals surface area contributed by atoms with Crippen molar-refractivity contribution < 1.29 is 4.79 Å². The molecule has 5 fully saturated rings. The Morgan fingerprint density at radius 3 is 2.56 bits per heavy atom. The summed E-state index contributed by atoms with van der Waals surface area (Å²) in [6, 6.07) is 0. The van der Waals surface area contributed by atoms with Crippen molar-refractivity contribution >= 4 is 6.29 Å². The van der Waals surface area contributed by atoms with Gasteiger partial charge in [-0.3, -0.25) is 0 Å². The van der Waals surface area contributed by atoms with Gasteiger partial charge in [-0.1, -0.05) is 26.7 Å². The highest BCUT2D eigenvalue weighted by atomic mass is 16.1. The summed E-state index contributed by atoms with van der Waals surface area (Å²) >= 11 is 0. The number of hydrogen-bond donors (Lipinski definition) is 0. The van der Waals surface area contributed by atoms with Crippen molar-refractivity contribution in [3.8, 4) is 0 Å². The average molecular weight is 343 g/mol. The van der Waals surface area contributed by atoms with Crippen molar-refractivity contribution in [2.45, 2.75) is 90.9 Å². The predicted molar refractivity (Wildman–Crippen MR) is 102 cm³/mol. The van der Waals surface area contributed by atoms with Crippen molar-refractivity contribution in [3.63, 3.8) is 0 Å². The zero-order valence-electron chi connectivity index (χ0n) is 16.5. The van der Waals surface area contributed by atoms with Gasteiger partial charge in [-0.05, 0) is 110 Å². The van der Waals surface area contributed by atoms with Crippen LogP contribution in [0.5, 0.6) is 0 Å². The van der Waals surface area contributed by atoms with Crippen LogP contribution in [-0.4, -0.2) is 6.29 Å². The van der Waals surface area contributed by atoms with Gasteiger partial charge in [0.2, 0.25) is 0 Å². The molecular weight excluding hydrogens is 304 g/mol. The summed E-state index contributed by atoms with van der Waals surface area (Å²) in [7, 11) is 0. The zero-order valence-corrected chi connectivity index (χ0v) is 16.5. The lowest BCUT2D eigenvalue weighted by atomic mass is 9.45. The van der Waals surface area contributed by atoms with Crippen LogP contribution in [0.15, 0.2) is 0 Å². The molecule has 25 heavy (non-hydrogen) atoms. The van der Waals surface area contributed by atoms with Gasteiger partial charge in [0.25, 0.3) is 0 Å². The van der Waals surface area contributed by atoms with Gasteiger partial charge in [-0.25, -0.2) is 0 Å². The first-order valence-electron chi connectivity index (χ1n) is 11.5. The minimum Gasteiger partial charge on any atom is -0.303 e. The Hall–Kier alpha value is -0.330. The van der Waals surface area contributed by atoms with Gasteiger partial charge in [0.05, 0.1) is 0 Å². The Morgan fingerprint density at radius 2 is 1.72 bits per heavy atom. The van der Waals surface area contributed by atoms with Crippen LogP contribution in [0, 0.1) is 52.3 Å². The SMILES string of the molecule is CC12CC[C@H]3C(C4C[C@@H]4C4CCCCC43C)[C@@H]1CCC2CCCC=O. The minimum atomic E-state index is 0.606. The van der Waals surface area contributed by atoms with E-state index in [2.05, 4.69) is 13.8 Å². The summed E-state index contributed by atoms with van der Waals surface area (Å²) < 4.78 is 0. The van der Waals surface area contributed by atoms with Gasteiger partial charge in [0, 0.05) is 6.42 Å². The zero-order chi connectivity index (χ0) is 17.2. The van der Waals surface area contributed by atoms with E-state index >= 15 is 0 Å². The number of aldehydes is 1. The molecule has 5 aliphatic carbocycles. The van der Waals surface area contributed by atoms with Gasteiger partial charge in [0.1, 0.15) is 6.29 Å². The summed E-state index contributed by atoms with van der Waals surface area (Å²) in [5, 5.41) is 0. The van der Waals surface area contributed by atoms with E-state index in [9.17, 15) is 4.79 Å². The Bertz CT molecular complexity index is 540. The van der Waals surface area contributed by atoms with Crippen LogP contribution in [0.1, 0.15) is 90.9 Å². The smallest absolute Gasteiger partial charge is 0.119 e. The maximum Gasteiger partial charge on any atom is 0.119 e. The number of fused-ring (bicyclic) bond motifs is 8. The molecular formula is C24H38O. The minimum absolute atomic E-state index is 0.606. The maximum atomic E-state index is 10.7. The molecule has 0 radical (unpaired) electrons. The van der Waals surface area contributed by atoms with Gasteiger partial charge < -0.3 is 4.79 Å². The van der Waals surface area contributed by atoms with Crippen LogP contribution in [0.4, 0.5) is 0 Å². The van der Waals surface area contributed by atoms with Gasteiger partial charge in [-0.15, -0.1) is 0 Å². The Balaban J connectivity index is 1.40. The predicted octanol–water partition coefficient (Wildman–Crippen LogP) is 6.26. The van der Waals surface area contributed by atoms with E-state index in [0.717, 1.165) is 60.6 Å². The number of carbonyl (C=O) groups is 1. The topological polar surface area (TPSA) is 17.1 Å². The van der Waals surface area contributed by atoms with Crippen LogP contribution < -0.4 is 0 Å². The van der Waals surface area contributed by atoms with E-state index in [1.807, 2.05) is 0 Å². The van der Waals surface area contributed by atoms with Crippen molar-refractivity contribution in [1.29, 1.82) is 0 Å². The first kappa shape index (κ1) is 16.8. The van der Waals surface area contributed by atoms with E-state index in [0.29, 0.717) is 10.8 Å². The number of carbonyl (C=O) groups excluding carboxylic acids is 1. The van der Waals surface area contributed by atoms with Gasteiger partial charge in [0.15, 0.2) is 0 Å². The van der Waals surface area contributed by atoms with Crippen LogP contribution in [0.25, 0.3) is 0 Å². The molecule has 6 unspecified atom stereocenters. The number of hydrogen-bond acceptors (Lipinski definition) is 1. The Kier molecular flexibility index (Phi) is 3.92. The molecule has 9 atom stereocenters. The fraction of sp³-hybridized carbons (Fsp3) is 0.958. The molecule has 1 nitrogen and oxygen atoms in total. The molecule has 0 N–H and O–H groups in total. The van der Waals surface area contributed by atoms with E-state index in [1.54, 1.807) is 12.8 Å². The second-order valence-corrected chi connectivity index (χ2v) is 11.1. The molecule has 0 aromatic carbocycles. The molecule has 0 aliphatic heterocycles. The van der Waals surface area contributed by atoms with Crippen LogP contribution in [0.2, 0.25) is 0 Å². The molecule has 0 amide bonds. The van der Waals surface area contributed by atoms with Crippen molar-refractivity contribution in [3.05, 3.63) is 0 Å². The Labute approximate surface area is 154 Å². The molecule has 0 saturated heterocycles. The van der Waals surface area contributed by atoms with Crippen LogP contribution >= 0.6 is 0 Å². The lowest BCUT2D eigenvalue weighted by molar-refractivity contribution is -0.117. The maximum absolute atomic E-state index is 10.7. The highest BCUT2D eigenvalue weighted by molar-refractivity contribution is 5.48. The lowest BCUT2D eigenvalue weighted by Crippen LogP contribution is -2.53. The third-order valence-electron chi connectivity index (χ3n) is 10.5. The largest absolute Gasteiger partial charge is 0.303 e. The third-order valence-corrected chi connectivity index (χ3v) is 10.5. The van der Waals surface area contributed by atoms with E-state index in [-0.39, 0.29) is 0 Å². The highest BCUT2D eigenvalue weighted by Gasteiger charge is 2.68. The van der Waals surface area contributed by atoms with Gasteiger partial charge >= 0.3 is 0 Å². The monoisotopic (exact) mass is 342 g/mol. The molecule has 5 saturated carbocycles. The quantitative estimate of drug-likeness (QED) is 0.435. The Morgan fingerprint density at radius 1 is 0.880 bits per heavy atom. The van der Waals surface area contributed by atoms with E-state index in [1.165, 1.54) is 51.4 Å². The van der Waals surface area contributed by atoms with E-state index < -0.39 is 0 Å². The second-order valence-electron chi connectivity index (χ2n) is 11.1. The first-order valence-corrected chi connectivity index (χ1v) is 11.5. The molecule has 140 valence electrons. The number of rotatable bonds is 4. The molecule has 5 rings (SSSR count). The summed E-state index contributed by atoms with van der Waals surface area (Å²) in [5.41, 5.74) is 1.30. The third kappa shape index (κ3) is 2.29. The average Bonchev–Trinajstić information content (AvgIpc) is 3.32. The molecule has 0 bridgehead atoms. The summed E-state index contributed by atoms with van der Waals surface area (Å²) in [4.78, 5) is 10.7. The van der Waals surface area contributed by atoms with Crippen LogP contribution in [-0.2, 0) is 4.79 Å². The molecule has 0 aromatic rings. The van der Waals surface area contributed by atoms with Crippen molar-refractivity contribution in [1.82, 2.24) is 0 Å². The fourth-order valence-corrected chi connectivity index (χ4v) is 9.28. The van der Waals surface area contributed by atoms with Crippen molar-refractivity contribution in [2.24, 2.45) is 52.3 Å². The molecule has 1 heteroatoms. The molecule has 0 heterocycles. The fourth-order valence-electron chi connectivity index (χ4n) is 9.28. The lowest BCUT2D eigenvalue weighted by Gasteiger charge is -2.60. The van der Waals surface area contributed by atoms with Crippen molar-refractivity contribution in [2.75, 3.05) is 0 Å². The second kappa shape index (κ2) is 5.83. The van der Waals surface area contributed by atoms with Crippen LogP contribution in [0.3, 0.4) is 0 Å². The highest BCUT2D eigenvalue weighted by Crippen LogP contribution is 2.75. The summed E-state index contributed by atoms with van der Waals surface area (Å²) in [6.07, 6.45) is 18.0. The summed E-state index contributed by atoms with van der Waals surface area (Å²) in [6.45, 7) is 5.39.